The van der Waals surface area contributed by atoms with Crippen LogP contribution in [0.4, 0.5) is 5.69 Å². The zero-order valence-electron chi connectivity index (χ0n) is 13.7. The number of halogens is 1. The number of rotatable bonds is 5. The summed E-state index contributed by atoms with van der Waals surface area (Å²) in [4.78, 5) is 4.40. The van der Waals surface area contributed by atoms with Gasteiger partial charge in [0.1, 0.15) is 4.21 Å². The van der Waals surface area contributed by atoms with Gasteiger partial charge in [0.15, 0.2) is 0 Å². The average Bonchev–Trinajstić information content (AvgIpc) is 3.35. The molecular weight excluding hydrogens is 450 g/mol. The van der Waals surface area contributed by atoms with Crippen LogP contribution < -0.4 is 4.72 Å². The van der Waals surface area contributed by atoms with Crippen LogP contribution in [0.25, 0.3) is 22.8 Å². The molecule has 0 fully saturated rings. The standard InChI is InChI=1S/C18H12BrN3O3S2/c19-14-7-3-13(4-8-14)18-20-17(21-25-18)12-5-9-15(10-6-12)22-27(23,24)16-2-1-11-26-16/h1-11,22H. The van der Waals surface area contributed by atoms with E-state index in [1.54, 1.807) is 41.8 Å². The number of thiophene rings is 1. The Hall–Kier alpha value is -2.49. The van der Waals surface area contributed by atoms with Crippen LogP contribution in [-0.4, -0.2) is 18.6 Å². The number of nitrogens with zero attached hydrogens (tertiary/aromatic N) is 2. The minimum Gasteiger partial charge on any atom is -0.334 e. The fourth-order valence-corrected chi connectivity index (χ4v) is 4.68. The van der Waals surface area contributed by atoms with Gasteiger partial charge in [0.2, 0.25) is 5.82 Å². The molecule has 4 aromatic rings. The van der Waals surface area contributed by atoms with E-state index in [4.69, 9.17) is 4.52 Å². The molecule has 136 valence electrons. The summed E-state index contributed by atoms with van der Waals surface area (Å²) >= 11 is 4.55. The average molecular weight is 462 g/mol. The zero-order chi connectivity index (χ0) is 18.9. The molecule has 0 saturated heterocycles. The topological polar surface area (TPSA) is 85.1 Å². The van der Waals surface area contributed by atoms with Crippen molar-refractivity contribution in [3.63, 3.8) is 0 Å². The second-order valence-corrected chi connectivity index (χ2v) is 9.32. The number of sulfonamides is 1. The van der Waals surface area contributed by atoms with Crippen LogP contribution in [-0.2, 0) is 10.0 Å². The summed E-state index contributed by atoms with van der Waals surface area (Å²) in [7, 11) is -3.57. The minimum atomic E-state index is -3.57. The molecule has 0 aliphatic rings. The number of nitrogens with one attached hydrogen (secondary N) is 1. The summed E-state index contributed by atoms with van der Waals surface area (Å²) in [6, 6.07) is 17.6. The maximum atomic E-state index is 12.3. The molecule has 0 spiro atoms. The molecule has 6 nitrogen and oxygen atoms in total. The number of hydrogen-bond acceptors (Lipinski definition) is 6. The molecule has 2 aromatic carbocycles. The summed E-state index contributed by atoms with van der Waals surface area (Å²) in [6.07, 6.45) is 0. The Morgan fingerprint density at radius 3 is 2.33 bits per heavy atom. The predicted octanol–water partition coefficient (Wildman–Crippen LogP) is 5.03. The van der Waals surface area contributed by atoms with Gasteiger partial charge in [0.25, 0.3) is 15.9 Å². The van der Waals surface area contributed by atoms with Crippen LogP contribution in [0, 0.1) is 0 Å². The number of benzene rings is 2. The largest absolute Gasteiger partial charge is 0.334 e. The number of anilines is 1. The number of aromatic nitrogens is 2. The smallest absolute Gasteiger partial charge is 0.271 e. The van der Waals surface area contributed by atoms with Gasteiger partial charge in [0, 0.05) is 21.3 Å². The maximum absolute atomic E-state index is 12.3. The molecule has 1 N–H and O–H groups in total. The first-order chi connectivity index (χ1) is 13.0. The van der Waals surface area contributed by atoms with Gasteiger partial charge in [-0.1, -0.05) is 27.2 Å². The summed E-state index contributed by atoms with van der Waals surface area (Å²) in [5, 5.41) is 5.71. The van der Waals surface area contributed by atoms with E-state index in [9.17, 15) is 8.42 Å². The van der Waals surface area contributed by atoms with E-state index in [2.05, 4.69) is 30.8 Å². The van der Waals surface area contributed by atoms with Crippen molar-refractivity contribution in [1.82, 2.24) is 10.1 Å². The molecule has 0 atom stereocenters. The lowest BCUT2D eigenvalue weighted by atomic mass is 10.2. The van der Waals surface area contributed by atoms with Gasteiger partial charge in [-0.05, 0) is 60.0 Å². The summed E-state index contributed by atoms with van der Waals surface area (Å²) < 4.78 is 33.6. The fourth-order valence-electron chi connectivity index (χ4n) is 2.36. The highest BCUT2D eigenvalue weighted by Crippen LogP contribution is 2.25. The van der Waals surface area contributed by atoms with E-state index in [0.29, 0.717) is 17.4 Å². The molecule has 2 heterocycles. The van der Waals surface area contributed by atoms with Gasteiger partial charge in [-0.2, -0.15) is 4.98 Å². The molecule has 0 aliphatic carbocycles. The molecular formula is C18H12BrN3O3S2. The minimum absolute atomic E-state index is 0.267. The van der Waals surface area contributed by atoms with E-state index in [1.807, 2.05) is 24.3 Å². The molecule has 2 aromatic heterocycles. The van der Waals surface area contributed by atoms with Crippen molar-refractivity contribution in [3.8, 4) is 22.8 Å². The lowest BCUT2D eigenvalue weighted by molar-refractivity contribution is 0.432. The van der Waals surface area contributed by atoms with Crippen molar-refractivity contribution in [2.24, 2.45) is 0 Å². The lowest BCUT2D eigenvalue weighted by Gasteiger charge is -2.06. The van der Waals surface area contributed by atoms with Gasteiger partial charge in [-0.25, -0.2) is 8.42 Å². The van der Waals surface area contributed by atoms with Crippen LogP contribution in [0.1, 0.15) is 0 Å². The van der Waals surface area contributed by atoms with E-state index in [-0.39, 0.29) is 4.21 Å². The Bertz CT molecular complexity index is 1150. The Kier molecular flexibility index (Phi) is 4.81. The Morgan fingerprint density at radius 2 is 1.67 bits per heavy atom. The van der Waals surface area contributed by atoms with Crippen LogP contribution in [0.3, 0.4) is 0 Å². The molecule has 0 bridgehead atoms. The Morgan fingerprint density at radius 1 is 0.963 bits per heavy atom. The molecule has 4 rings (SSSR count). The van der Waals surface area contributed by atoms with Crippen molar-refractivity contribution in [1.29, 1.82) is 0 Å². The maximum Gasteiger partial charge on any atom is 0.271 e. The van der Waals surface area contributed by atoms with Crippen molar-refractivity contribution >= 4 is 43.0 Å². The molecule has 0 saturated carbocycles. The second-order valence-electron chi connectivity index (χ2n) is 5.54. The Balaban J connectivity index is 1.54. The predicted molar refractivity (Wildman–Crippen MR) is 108 cm³/mol. The van der Waals surface area contributed by atoms with E-state index < -0.39 is 10.0 Å². The van der Waals surface area contributed by atoms with Gasteiger partial charge < -0.3 is 4.52 Å². The number of hydrogen-bond donors (Lipinski definition) is 1. The third kappa shape index (κ3) is 3.95. The second kappa shape index (κ2) is 7.26. The first-order valence-electron chi connectivity index (χ1n) is 7.78. The molecule has 0 amide bonds. The van der Waals surface area contributed by atoms with Gasteiger partial charge in [-0.3, -0.25) is 4.72 Å². The third-order valence-corrected chi connectivity index (χ3v) is 6.98. The SMILES string of the molecule is O=S(=O)(Nc1ccc(-c2noc(-c3ccc(Br)cc3)n2)cc1)c1cccs1. The molecule has 0 aliphatic heterocycles. The van der Waals surface area contributed by atoms with Crippen LogP contribution >= 0.6 is 27.3 Å². The third-order valence-electron chi connectivity index (χ3n) is 3.67. The van der Waals surface area contributed by atoms with E-state index >= 15 is 0 Å². The molecule has 0 radical (unpaired) electrons. The van der Waals surface area contributed by atoms with Crippen molar-refractivity contribution in [2.75, 3.05) is 4.72 Å². The van der Waals surface area contributed by atoms with Crippen molar-refractivity contribution in [2.45, 2.75) is 4.21 Å². The highest BCUT2D eigenvalue weighted by Gasteiger charge is 2.15. The van der Waals surface area contributed by atoms with E-state index in [1.165, 1.54) is 0 Å². The van der Waals surface area contributed by atoms with Gasteiger partial charge in [-0.15, -0.1) is 11.3 Å². The van der Waals surface area contributed by atoms with E-state index in [0.717, 1.165) is 26.9 Å². The van der Waals surface area contributed by atoms with Crippen molar-refractivity contribution in [3.05, 3.63) is 70.5 Å². The van der Waals surface area contributed by atoms with Gasteiger partial charge >= 0.3 is 0 Å². The zero-order valence-corrected chi connectivity index (χ0v) is 16.9. The quantitative estimate of drug-likeness (QED) is 0.450. The highest BCUT2D eigenvalue weighted by molar-refractivity contribution is 9.10. The lowest BCUT2D eigenvalue weighted by Crippen LogP contribution is -2.11. The van der Waals surface area contributed by atoms with Crippen LogP contribution in [0.2, 0.25) is 0 Å². The van der Waals surface area contributed by atoms with Gasteiger partial charge in [0.05, 0.1) is 0 Å². The highest BCUT2D eigenvalue weighted by atomic mass is 79.9. The summed E-state index contributed by atoms with van der Waals surface area (Å²) in [5.74, 6) is 0.848. The summed E-state index contributed by atoms with van der Waals surface area (Å²) in [5.41, 5.74) is 2.00. The first-order valence-corrected chi connectivity index (χ1v) is 10.9. The van der Waals surface area contributed by atoms with Crippen molar-refractivity contribution < 1.29 is 12.9 Å². The molecule has 0 unspecified atom stereocenters. The Labute approximate surface area is 168 Å². The molecule has 9 heteroatoms. The molecule has 27 heavy (non-hydrogen) atoms. The summed E-state index contributed by atoms with van der Waals surface area (Å²) in [6.45, 7) is 0. The normalized spacial score (nSPS) is 11.4. The van der Waals surface area contributed by atoms with Crippen LogP contribution in [0.15, 0.2) is 79.2 Å². The van der Waals surface area contributed by atoms with Crippen LogP contribution in [0.5, 0.6) is 0 Å². The monoisotopic (exact) mass is 461 g/mol. The first kappa shape index (κ1) is 17.9. The fraction of sp³-hybridized carbons (Fsp3) is 0.